The molecule has 0 N–H and O–H groups in total. The van der Waals surface area contributed by atoms with Crippen LogP contribution in [0.15, 0.2) is 53.4 Å². The van der Waals surface area contributed by atoms with E-state index in [0.29, 0.717) is 23.6 Å². The average Bonchev–Trinajstić information content (AvgIpc) is 3.43. The minimum Gasteiger partial charge on any atom is -0.489 e. The first-order valence-electron chi connectivity index (χ1n) is 11.5. The van der Waals surface area contributed by atoms with Gasteiger partial charge in [0.25, 0.3) is 0 Å². The summed E-state index contributed by atoms with van der Waals surface area (Å²) in [6, 6.07) is 12.1. The molecule has 1 aliphatic heterocycles. The molecule has 4 rings (SSSR count). The SMILES string of the molecule is Cc1nocc1C(=O)C[C@@H](C)c1ccc(OC2CCN(c3ccnc(OC(C)C)c3)C2)cc1. The number of anilines is 1. The highest BCUT2D eigenvalue weighted by Gasteiger charge is 2.25. The van der Waals surface area contributed by atoms with Crippen molar-refractivity contribution in [3.8, 4) is 11.6 Å². The van der Waals surface area contributed by atoms with E-state index in [9.17, 15) is 4.79 Å². The fraction of sp³-hybridized carbons (Fsp3) is 0.423. The van der Waals surface area contributed by atoms with Crippen molar-refractivity contribution < 1.29 is 18.8 Å². The van der Waals surface area contributed by atoms with Crippen LogP contribution in [0.2, 0.25) is 0 Å². The first-order chi connectivity index (χ1) is 15.9. The van der Waals surface area contributed by atoms with E-state index >= 15 is 0 Å². The fourth-order valence-electron chi connectivity index (χ4n) is 4.09. The molecule has 0 bridgehead atoms. The monoisotopic (exact) mass is 449 g/mol. The smallest absolute Gasteiger partial charge is 0.215 e. The minimum atomic E-state index is 0.0469. The van der Waals surface area contributed by atoms with Crippen molar-refractivity contribution in [1.29, 1.82) is 0 Å². The van der Waals surface area contributed by atoms with Crippen molar-refractivity contribution in [2.24, 2.45) is 0 Å². The Morgan fingerprint density at radius 2 is 2.00 bits per heavy atom. The number of carbonyl (C=O) groups is 1. The van der Waals surface area contributed by atoms with E-state index in [1.807, 2.05) is 50.2 Å². The molecular formula is C26H31N3O4. The van der Waals surface area contributed by atoms with Gasteiger partial charge in [-0.2, -0.15) is 0 Å². The molecule has 0 saturated carbocycles. The molecule has 0 spiro atoms. The number of aromatic nitrogens is 2. The number of ether oxygens (including phenoxy) is 2. The summed E-state index contributed by atoms with van der Waals surface area (Å²) in [5.41, 5.74) is 3.40. The Labute approximate surface area is 194 Å². The van der Waals surface area contributed by atoms with Crippen LogP contribution in [-0.4, -0.2) is 41.2 Å². The number of hydrogen-bond acceptors (Lipinski definition) is 7. The zero-order valence-corrected chi connectivity index (χ0v) is 19.7. The Kier molecular flexibility index (Phi) is 6.96. The molecule has 1 unspecified atom stereocenters. The van der Waals surface area contributed by atoms with Crippen LogP contribution in [0.4, 0.5) is 5.69 Å². The van der Waals surface area contributed by atoms with Crippen LogP contribution in [0.3, 0.4) is 0 Å². The van der Waals surface area contributed by atoms with Gasteiger partial charge in [-0.3, -0.25) is 4.79 Å². The van der Waals surface area contributed by atoms with Crippen molar-refractivity contribution in [1.82, 2.24) is 10.1 Å². The third-order valence-corrected chi connectivity index (χ3v) is 5.88. The number of aryl methyl sites for hydroxylation is 1. The van der Waals surface area contributed by atoms with Gasteiger partial charge in [0.1, 0.15) is 18.1 Å². The molecular weight excluding hydrogens is 418 g/mol. The number of Topliss-reactive ketones (excluding diaryl/α,β-unsaturated/α-hetero) is 1. The third-order valence-electron chi connectivity index (χ3n) is 5.88. The summed E-state index contributed by atoms with van der Waals surface area (Å²) >= 11 is 0. The first-order valence-corrected chi connectivity index (χ1v) is 11.5. The second kappa shape index (κ2) is 10.1. The summed E-state index contributed by atoms with van der Waals surface area (Å²) in [6.07, 6.45) is 4.79. The average molecular weight is 450 g/mol. The lowest BCUT2D eigenvalue weighted by molar-refractivity contribution is 0.0974. The van der Waals surface area contributed by atoms with Crippen LogP contribution < -0.4 is 14.4 Å². The normalized spacial score (nSPS) is 16.8. The molecule has 2 atom stereocenters. The van der Waals surface area contributed by atoms with Crippen LogP contribution in [-0.2, 0) is 0 Å². The molecule has 2 aromatic heterocycles. The molecule has 1 fully saturated rings. The van der Waals surface area contributed by atoms with Gasteiger partial charge >= 0.3 is 0 Å². The Morgan fingerprint density at radius 3 is 2.70 bits per heavy atom. The molecule has 174 valence electrons. The van der Waals surface area contributed by atoms with Crippen LogP contribution in [0.1, 0.15) is 61.1 Å². The molecule has 0 aliphatic carbocycles. The summed E-state index contributed by atoms with van der Waals surface area (Å²) in [7, 11) is 0. The predicted molar refractivity (Wildman–Crippen MR) is 126 cm³/mol. The number of carbonyl (C=O) groups excluding carboxylic acids is 1. The van der Waals surface area contributed by atoms with E-state index < -0.39 is 0 Å². The highest BCUT2D eigenvalue weighted by molar-refractivity contribution is 5.97. The van der Waals surface area contributed by atoms with Gasteiger partial charge in [0.2, 0.25) is 5.88 Å². The van der Waals surface area contributed by atoms with Gasteiger partial charge in [0.05, 0.1) is 23.9 Å². The number of hydrogen-bond donors (Lipinski definition) is 0. The molecule has 3 heterocycles. The van der Waals surface area contributed by atoms with E-state index in [1.54, 1.807) is 13.1 Å². The number of nitrogens with zero attached hydrogens (tertiary/aromatic N) is 3. The van der Waals surface area contributed by atoms with Crippen molar-refractivity contribution >= 4 is 11.5 Å². The fourth-order valence-corrected chi connectivity index (χ4v) is 4.09. The van der Waals surface area contributed by atoms with E-state index in [1.165, 1.54) is 6.26 Å². The summed E-state index contributed by atoms with van der Waals surface area (Å²) in [6.45, 7) is 9.57. The molecule has 0 amide bonds. The highest BCUT2D eigenvalue weighted by Crippen LogP contribution is 2.28. The second-order valence-corrected chi connectivity index (χ2v) is 8.90. The van der Waals surface area contributed by atoms with Gasteiger partial charge in [0, 0.05) is 37.3 Å². The van der Waals surface area contributed by atoms with Gasteiger partial charge in [-0.15, -0.1) is 0 Å². The zero-order valence-electron chi connectivity index (χ0n) is 19.7. The van der Waals surface area contributed by atoms with Gasteiger partial charge in [-0.05, 0) is 50.5 Å². The van der Waals surface area contributed by atoms with Crippen molar-refractivity contribution in [3.05, 3.63) is 65.7 Å². The second-order valence-electron chi connectivity index (χ2n) is 8.90. The lowest BCUT2D eigenvalue weighted by Gasteiger charge is -2.20. The van der Waals surface area contributed by atoms with E-state index in [-0.39, 0.29) is 23.9 Å². The standard InChI is InChI=1S/C26H31N3O4/c1-17(2)32-26-14-21(9-11-27-26)29-12-10-23(15-29)33-22-7-5-20(6-8-22)18(3)13-25(30)24-16-31-28-19(24)4/h5-9,11,14,16-18,23H,10,12-13,15H2,1-4H3/t18-,23?/m1/s1. The zero-order chi connectivity index (χ0) is 23.4. The van der Waals surface area contributed by atoms with Crippen LogP contribution >= 0.6 is 0 Å². The molecule has 3 aromatic rings. The number of ketones is 1. The number of rotatable bonds is 9. The van der Waals surface area contributed by atoms with Gasteiger partial charge < -0.3 is 18.9 Å². The van der Waals surface area contributed by atoms with Crippen molar-refractivity contribution in [3.63, 3.8) is 0 Å². The molecule has 7 heteroatoms. The number of benzene rings is 1. The first kappa shape index (κ1) is 22.8. The quantitative estimate of drug-likeness (QED) is 0.416. The largest absolute Gasteiger partial charge is 0.489 e. The molecule has 1 saturated heterocycles. The van der Waals surface area contributed by atoms with Crippen LogP contribution in [0, 0.1) is 6.92 Å². The lowest BCUT2D eigenvalue weighted by Crippen LogP contribution is -2.24. The Balaban J connectivity index is 1.31. The molecule has 1 aromatic carbocycles. The third kappa shape index (κ3) is 5.72. The highest BCUT2D eigenvalue weighted by atomic mass is 16.5. The van der Waals surface area contributed by atoms with E-state index in [4.69, 9.17) is 14.0 Å². The molecule has 7 nitrogen and oxygen atoms in total. The van der Waals surface area contributed by atoms with E-state index in [2.05, 4.69) is 22.0 Å². The maximum atomic E-state index is 12.5. The minimum absolute atomic E-state index is 0.0469. The summed E-state index contributed by atoms with van der Waals surface area (Å²) in [5, 5.41) is 3.79. The topological polar surface area (TPSA) is 77.7 Å². The summed E-state index contributed by atoms with van der Waals surface area (Å²) in [4.78, 5) is 19.1. The molecule has 1 aliphatic rings. The number of pyridine rings is 1. The van der Waals surface area contributed by atoms with Crippen LogP contribution in [0.25, 0.3) is 0 Å². The summed E-state index contributed by atoms with van der Waals surface area (Å²) < 4.78 is 16.8. The Bertz CT molecular complexity index is 1080. The van der Waals surface area contributed by atoms with Gasteiger partial charge in [-0.1, -0.05) is 24.2 Å². The van der Waals surface area contributed by atoms with Gasteiger partial charge in [0.15, 0.2) is 5.78 Å². The Hall–Kier alpha value is -3.35. The van der Waals surface area contributed by atoms with Crippen molar-refractivity contribution in [2.45, 2.75) is 58.7 Å². The van der Waals surface area contributed by atoms with Gasteiger partial charge in [-0.25, -0.2) is 4.98 Å². The predicted octanol–water partition coefficient (Wildman–Crippen LogP) is 5.20. The van der Waals surface area contributed by atoms with E-state index in [0.717, 1.165) is 36.5 Å². The summed E-state index contributed by atoms with van der Waals surface area (Å²) in [5.74, 6) is 1.63. The van der Waals surface area contributed by atoms with Crippen LogP contribution in [0.5, 0.6) is 11.6 Å². The van der Waals surface area contributed by atoms with Crippen molar-refractivity contribution in [2.75, 3.05) is 18.0 Å². The molecule has 0 radical (unpaired) electrons. The maximum absolute atomic E-state index is 12.5. The lowest BCUT2D eigenvalue weighted by atomic mass is 9.93. The molecule has 33 heavy (non-hydrogen) atoms. The Morgan fingerprint density at radius 1 is 1.21 bits per heavy atom. The maximum Gasteiger partial charge on any atom is 0.215 e.